The van der Waals surface area contributed by atoms with Gasteiger partial charge in [0.2, 0.25) is 0 Å². The van der Waals surface area contributed by atoms with Crippen molar-refractivity contribution >= 4 is 0 Å². The summed E-state index contributed by atoms with van der Waals surface area (Å²) in [7, 11) is 0. The van der Waals surface area contributed by atoms with Crippen molar-refractivity contribution in [3.8, 4) is 0 Å². The molecule has 0 aliphatic heterocycles. The fourth-order valence-corrected chi connectivity index (χ4v) is 1.43. The average molecular weight is 209 g/mol. The summed E-state index contributed by atoms with van der Waals surface area (Å²) in [4.78, 5) is 4.19. The molecule has 3 nitrogen and oxygen atoms in total. The lowest BCUT2D eigenvalue weighted by atomic mass is 9.92. The van der Waals surface area contributed by atoms with Gasteiger partial charge < -0.3 is 9.88 Å². The number of nitrogens with one attached hydrogen (secondary N) is 1. The summed E-state index contributed by atoms with van der Waals surface area (Å²) >= 11 is 0. The third-order valence-electron chi connectivity index (χ3n) is 2.50. The Morgan fingerprint density at radius 3 is 2.60 bits per heavy atom. The summed E-state index contributed by atoms with van der Waals surface area (Å²) in [5, 5.41) is 3.46. The molecule has 1 rings (SSSR count). The summed E-state index contributed by atoms with van der Waals surface area (Å²) in [5.74, 6) is 1.09. The summed E-state index contributed by atoms with van der Waals surface area (Å²) in [6, 6.07) is 0. The predicted octanol–water partition coefficient (Wildman–Crippen LogP) is 2.22. The Bertz CT molecular complexity index is 283. The molecule has 0 bridgehead atoms. The molecular weight excluding hydrogens is 186 g/mol. The van der Waals surface area contributed by atoms with E-state index in [1.807, 2.05) is 19.3 Å². The van der Waals surface area contributed by atoms with Crippen molar-refractivity contribution in [2.45, 2.75) is 40.7 Å². The smallest absolute Gasteiger partial charge is 0.105 e. The van der Waals surface area contributed by atoms with E-state index in [4.69, 9.17) is 0 Å². The SMILES string of the molecule is Cc1nccn1CCNCCC(C)(C)C. The van der Waals surface area contributed by atoms with E-state index in [0.717, 1.165) is 25.5 Å². The Balaban J connectivity index is 2.10. The van der Waals surface area contributed by atoms with Gasteiger partial charge in [-0.15, -0.1) is 0 Å². The minimum Gasteiger partial charge on any atom is -0.334 e. The van der Waals surface area contributed by atoms with Gasteiger partial charge in [-0.2, -0.15) is 0 Å². The highest BCUT2D eigenvalue weighted by atomic mass is 15.1. The lowest BCUT2D eigenvalue weighted by Crippen LogP contribution is -2.24. The van der Waals surface area contributed by atoms with Crippen LogP contribution in [0.1, 0.15) is 33.0 Å². The zero-order valence-electron chi connectivity index (χ0n) is 10.4. The average Bonchev–Trinajstić information content (AvgIpc) is 2.49. The first-order valence-corrected chi connectivity index (χ1v) is 5.67. The fraction of sp³-hybridized carbons (Fsp3) is 0.750. The first-order chi connectivity index (χ1) is 6.99. The molecule has 1 aromatic heterocycles. The van der Waals surface area contributed by atoms with E-state index in [9.17, 15) is 0 Å². The van der Waals surface area contributed by atoms with Crippen molar-refractivity contribution in [1.82, 2.24) is 14.9 Å². The highest BCUT2D eigenvalue weighted by molar-refractivity contribution is 4.88. The Labute approximate surface area is 92.9 Å². The number of hydrogen-bond donors (Lipinski definition) is 1. The predicted molar refractivity (Wildman–Crippen MR) is 63.9 cm³/mol. The van der Waals surface area contributed by atoms with Crippen molar-refractivity contribution in [3.05, 3.63) is 18.2 Å². The van der Waals surface area contributed by atoms with Gasteiger partial charge in [-0.25, -0.2) is 4.98 Å². The molecule has 1 heterocycles. The zero-order valence-corrected chi connectivity index (χ0v) is 10.4. The molecule has 0 saturated carbocycles. The lowest BCUT2D eigenvalue weighted by molar-refractivity contribution is 0.365. The quantitative estimate of drug-likeness (QED) is 0.754. The maximum Gasteiger partial charge on any atom is 0.105 e. The number of aromatic nitrogens is 2. The standard InChI is InChI=1S/C12H23N3/c1-11-14-8-10-15(11)9-7-13-6-5-12(2,3)4/h8,10,13H,5-7,9H2,1-4H3. The van der Waals surface area contributed by atoms with Gasteiger partial charge >= 0.3 is 0 Å². The van der Waals surface area contributed by atoms with Crippen LogP contribution in [0.2, 0.25) is 0 Å². The Hall–Kier alpha value is -0.830. The van der Waals surface area contributed by atoms with E-state index >= 15 is 0 Å². The maximum atomic E-state index is 4.19. The highest BCUT2D eigenvalue weighted by Crippen LogP contribution is 2.16. The largest absolute Gasteiger partial charge is 0.334 e. The van der Waals surface area contributed by atoms with Crippen LogP contribution >= 0.6 is 0 Å². The van der Waals surface area contributed by atoms with Crippen molar-refractivity contribution in [3.63, 3.8) is 0 Å². The van der Waals surface area contributed by atoms with Crippen molar-refractivity contribution in [2.24, 2.45) is 5.41 Å². The maximum absolute atomic E-state index is 4.19. The normalized spacial score (nSPS) is 12.0. The van der Waals surface area contributed by atoms with Crippen molar-refractivity contribution in [2.75, 3.05) is 13.1 Å². The van der Waals surface area contributed by atoms with Crippen LogP contribution in [0.15, 0.2) is 12.4 Å². The molecule has 0 aliphatic rings. The molecular formula is C12H23N3. The second kappa shape index (κ2) is 5.31. The zero-order chi connectivity index (χ0) is 11.3. The van der Waals surface area contributed by atoms with Crippen LogP contribution in [0.3, 0.4) is 0 Å². The van der Waals surface area contributed by atoms with E-state index in [1.54, 1.807) is 0 Å². The van der Waals surface area contributed by atoms with Crippen LogP contribution in [0, 0.1) is 12.3 Å². The summed E-state index contributed by atoms with van der Waals surface area (Å²) in [5.41, 5.74) is 0.428. The van der Waals surface area contributed by atoms with Gasteiger partial charge in [-0.05, 0) is 25.3 Å². The van der Waals surface area contributed by atoms with Gasteiger partial charge in [-0.3, -0.25) is 0 Å². The molecule has 3 heteroatoms. The van der Waals surface area contributed by atoms with Gasteiger partial charge in [0.1, 0.15) is 5.82 Å². The molecule has 0 saturated heterocycles. The van der Waals surface area contributed by atoms with Gasteiger partial charge in [-0.1, -0.05) is 20.8 Å². The third kappa shape index (κ3) is 4.98. The first-order valence-electron chi connectivity index (χ1n) is 5.67. The first kappa shape index (κ1) is 12.2. The number of rotatable bonds is 5. The summed E-state index contributed by atoms with van der Waals surface area (Å²) < 4.78 is 2.17. The van der Waals surface area contributed by atoms with E-state index in [1.165, 1.54) is 6.42 Å². The van der Waals surface area contributed by atoms with Crippen LogP contribution in [0.4, 0.5) is 0 Å². The number of nitrogens with zero attached hydrogens (tertiary/aromatic N) is 2. The molecule has 1 N–H and O–H groups in total. The summed E-state index contributed by atoms with van der Waals surface area (Å²) in [6.07, 6.45) is 5.10. The molecule has 1 aromatic rings. The van der Waals surface area contributed by atoms with E-state index in [0.29, 0.717) is 5.41 Å². The van der Waals surface area contributed by atoms with E-state index in [2.05, 4.69) is 35.6 Å². The second-order valence-corrected chi connectivity index (χ2v) is 5.23. The van der Waals surface area contributed by atoms with Crippen LogP contribution < -0.4 is 5.32 Å². The molecule has 0 fully saturated rings. The van der Waals surface area contributed by atoms with Crippen LogP contribution in [-0.2, 0) is 6.54 Å². The Morgan fingerprint density at radius 1 is 1.33 bits per heavy atom. The number of aryl methyl sites for hydroxylation is 1. The molecule has 0 atom stereocenters. The molecule has 0 aromatic carbocycles. The number of hydrogen-bond acceptors (Lipinski definition) is 2. The summed E-state index contributed by atoms with van der Waals surface area (Å²) in [6.45, 7) is 12.0. The molecule has 0 spiro atoms. The molecule has 0 amide bonds. The Kier molecular flexibility index (Phi) is 4.33. The van der Waals surface area contributed by atoms with E-state index < -0.39 is 0 Å². The van der Waals surface area contributed by atoms with Crippen LogP contribution in [0.5, 0.6) is 0 Å². The van der Waals surface area contributed by atoms with Gasteiger partial charge in [0.05, 0.1) is 0 Å². The highest BCUT2D eigenvalue weighted by Gasteiger charge is 2.08. The Morgan fingerprint density at radius 2 is 2.07 bits per heavy atom. The fourth-order valence-electron chi connectivity index (χ4n) is 1.43. The van der Waals surface area contributed by atoms with Crippen molar-refractivity contribution < 1.29 is 0 Å². The van der Waals surface area contributed by atoms with E-state index in [-0.39, 0.29) is 0 Å². The molecule has 0 unspecified atom stereocenters. The van der Waals surface area contributed by atoms with Crippen molar-refractivity contribution in [1.29, 1.82) is 0 Å². The monoisotopic (exact) mass is 209 g/mol. The van der Waals surface area contributed by atoms with Gasteiger partial charge in [0.15, 0.2) is 0 Å². The molecule has 15 heavy (non-hydrogen) atoms. The second-order valence-electron chi connectivity index (χ2n) is 5.23. The van der Waals surface area contributed by atoms with Crippen LogP contribution in [-0.4, -0.2) is 22.6 Å². The van der Waals surface area contributed by atoms with Gasteiger partial charge in [0.25, 0.3) is 0 Å². The minimum absolute atomic E-state index is 0.428. The number of imidazole rings is 1. The molecule has 0 aliphatic carbocycles. The molecule has 0 radical (unpaired) electrons. The third-order valence-corrected chi connectivity index (χ3v) is 2.50. The lowest BCUT2D eigenvalue weighted by Gasteiger charge is -2.18. The topological polar surface area (TPSA) is 29.9 Å². The minimum atomic E-state index is 0.428. The van der Waals surface area contributed by atoms with Gasteiger partial charge in [0, 0.05) is 25.5 Å². The molecule has 86 valence electrons. The van der Waals surface area contributed by atoms with Crippen LogP contribution in [0.25, 0.3) is 0 Å².